The molecule has 0 N–H and O–H groups in total. The van der Waals surface area contributed by atoms with E-state index in [9.17, 15) is 0 Å². The Hall–Kier alpha value is -1.50. The number of rotatable bonds is 4. The molecule has 1 unspecified atom stereocenters. The summed E-state index contributed by atoms with van der Waals surface area (Å²) in [5, 5.41) is 12.9. The molecule has 3 aromatic rings. The van der Waals surface area contributed by atoms with Gasteiger partial charge in [-0.15, -0.1) is 32.9 Å². The molecule has 0 aromatic carbocycles. The third-order valence-corrected chi connectivity index (χ3v) is 6.55. The molecule has 3 aromatic heterocycles. The molecule has 6 heteroatoms. The summed E-state index contributed by atoms with van der Waals surface area (Å²) in [6.07, 6.45) is 3.50. The van der Waals surface area contributed by atoms with Crippen molar-refractivity contribution >= 4 is 22.7 Å². The fourth-order valence-electron chi connectivity index (χ4n) is 3.32. The SMILES string of the molecule is c1csc(C2c3ccsc3CCN2Cc2nnc(C3CC3)o2)c1. The van der Waals surface area contributed by atoms with E-state index in [-0.39, 0.29) is 0 Å². The van der Waals surface area contributed by atoms with E-state index in [0.29, 0.717) is 12.0 Å². The number of aromatic nitrogens is 2. The van der Waals surface area contributed by atoms with Crippen molar-refractivity contribution in [2.24, 2.45) is 0 Å². The predicted octanol–water partition coefficient (Wildman–Crippen LogP) is 4.22. The van der Waals surface area contributed by atoms with Gasteiger partial charge in [0.25, 0.3) is 0 Å². The van der Waals surface area contributed by atoms with Crippen molar-refractivity contribution in [1.29, 1.82) is 0 Å². The van der Waals surface area contributed by atoms with Crippen molar-refractivity contribution in [3.63, 3.8) is 0 Å². The number of nitrogens with zero attached hydrogens (tertiary/aromatic N) is 3. The summed E-state index contributed by atoms with van der Waals surface area (Å²) in [5.41, 5.74) is 1.45. The zero-order valence-corrected chi connectivity index (χ0v) is 14.3. The molecule has 1 aliphatic heterocycles. The lowest BCUT2D eigenvalue weighted by Gasteiger charge is -2.34. The highest BCUT2D eigenvalue weighted by Crippen LogP contribution is 2.41. The normalized spacial score (nSPS) is 21.5. The van der Waals surface area contributed by atoms with Crippen molar-refractivity contribution in [3.05, 3.63) is 56.1 Å². The van der Waals surface area contributed by atoms with Crippen LogP contribution in [0.5, 0.6) is 0 Å². The van der Waals surface area contributed by atoms with Gasteiger partial charge in [0, 0.05) is 22.2 Å². The third-order valence-electron chi connectivity index (χ3n) is 4.63. The van der Waals surface area contributed by atoms with Gasteiger partial charge in [0.1, 0.15) is 0 Å². The highest BCUT2D eigenvalue weighted by molar-refractivity contribution is 7.10. The van der Waals surface area contributed by atoms with Crippen molar-refractivity contribution in [2.45, 2.75) is 37.8 Å². The van der Waals surface area contributed by atoms with Crippen molar-refractivity contribution in [3.8, 4) is 0 Å². The smallest absolute Gasteiger partial charge is 0.230 e. The number of hydrogen-bond donors (Lipinski definition) is 0. The van der Waals surface area contributed by atoms with E-state index in [1.54, 1.807) is 0 Å². The van der Waals surface area contributed by atoms with Gasteiger partial charge in [0.2, 0.25) is 11.8 Å². The van der Waals surface area contributed by atoms with E-state index in [4.69, 9.17) is 4.42 Å². The van der Waals surface area contributed by atoms with Crippen LogP contribution < -0.4 is 0 Å². The molecule has 0 saturated heterocycles. The summed E-state index contributed by atoms with van der Waals surface area (Å²) in [6.45, 7) is 1.77. The first-order chi connectivity index (χ1) is 11.4. The minimum atomic E-state index is 0.321. The van der Waals surface area contributed by atoms with E-state index in [2.05, 4.69) is 44.1 Å². The predicted molar refractivity (Wildman–Crippen MR) is 90.9 cm³/mol. The highest BCUT2D eigenvalue weighted by atomic mass is 32.1. The summed E-state index contributed by atoms with van der Waals surface area (Å²) < 4.78 is 5.89. The highest BCUT2D eigenvalue weighted by Gasteiger charge is 2.33. The van der Waals surface area contributed by atoms with Crippen LogP contribution in [0.25, 0.3) is 0 Å². The van der Waals surface area contributed by atoms with Crippen LogP contribution in [-0.2, 0) is 13.0 Å². The van der Waals surface area contributed by atoms with Crippen LogP contribution in [0.3, 0.4) is 0 Å². The first kappa shape index (κ1) is 13.9. The van der Waals surface area contributed by atoms with Gasteiger partial charge in [-0.05, 0) is 47.7 Å². The van der Waals surface area contributed by atoms with E-state index in [0.717, 1.165) is 31.3 Å². The molecular weight excluding hydrogens is 326 g/mol. The van der Waals surface area contributed by atoms with Crippen LogP contribution in [0.15, 0.2) is 33.4 Å². The number of hydrogen-bond acceptors (Lipinski definition) is 6. The zero-order chi connectivity index (χ0) is 15.2. The molecule has 0 amide bonds. The monoisotopic (exact) mass is 343 g/mol. The van der Waals surface area contributed by atoms with Gasteiger partial charge in [0.05, 0.1) is 12.6 Å². The minimum Gasteiger partial charge on any atom is -0.424 e. The summed E-state index contributed by atoms with van der Waals surface area (Å²) in [6, 6.07) is 6.97. The van der Waals surface area contributed by atoms with Gasteiger partial charge in [0.15, 0.2) is 0 Å². The second kappa shape index (κ2) is 5.54. The summed E-state index contributed by atoms with van der Waals surface area (Å²) in [5.74, 6) is 2.11. The molecule has 2 aliphatic rings. The quantitative estimate of drug-likeness (QED) is 0.711. The molecular formula is C17H17N3OS2. The fraction of sp³-hybridized carbons (Fsp3) is 0.412. The maximum Gasteiger partial charge on any atom is 0.230 e. The Labute approximate surface area is 142 Å². The molecule has 1 saturated carbocycles. The Kier molecular flexibility index (Phi) is 3.35. The molecule has 0 radical (unpaired) electrons. The van der Waals surface area contributed by atoms with E-state index >= 15 is 0 Å². The van der Waals surface area contributed by atoms with Crippen LogP contribution in [0.4, 0.5) is 0 Å². The maximum atomic E-state index is 5.89. The van der Waals surface area contributed by atoms with Gasteiger partial charge < -0.3 is 4.42 Å². The minimum absolute atomic E-state index is 0.321. The van der Waals surface area contributed by atoms with Crippen LogP contribution in [0.1, 0.15) is 51.9 Å². The van der Waals surface area contributed by atoms with Gasteiger partial charge in [-0.2, -0.15) is 0 Å². The molecule has 1 aliphatic carbocycles. The molecule has 5 rings (SSSR count). The van der Waals surface area contributed by atoms with E-state index in [1.165, 1.54) is 28.2 Å². The Bertz CT molecular complexity index is 804. The van der Waals surface area contributed by atoms with E-state index < -0.39 is 0 Å². The zero-order valence-electron chi connectivity index (χ0n) is 12.6. The molecule has 1 fully saturated rings. The Morgan fingerprint density at radius 2 is 2.13 bits per heavy atom. The molecule has 118 valence electrons. The first-order valence-corrected chi connectivity index (χ1v) is 9.80. The van der Waals surface area contributed by atoms with Crippen LogP contribution >= 0.6 is 22.7 Å². The summed E-state index contributed by atoms with van der Waals surface area (Å²) >= 11 is 3.70. The van der Waals surface area contributed by atoms with Crippen molar-refractivity contribution in [1.82, 2.24) is 15.1 Å². The van der Waals surface area contributed by atoms with Gasteiger partial charge in [-0.3, -0.25) is 4.90 Å². The Balaban J connectivity index is 1.45. The largest absolute Gasteiger partial charge is 0.424 e. The Morgan fingerprint density at radius 1 is 1.17 bits per heavy atom. The average Bonchev–Trinajstić information content (AvgIpc) is 3.00. The molecule has 4 heterocycles. The average molecular weight is 343 g/mol. The maximum absolute atomic E-state index is 5.89. The molecule has 0 bridgehead atoms. The van der Waals surface area contributed by atoms with E-state index in [1.807, 2.05) is 22.7 Å². The first-order valence-electron chi connectivity index (χ1n) is 8.04. The molecule has 1 atom stereocenters. The second-order valence-electron chi connectivity index (χ2n) is 6.25. The topological polar surface area (TPSA) is 42.2 Å². The van der Waals surface area contributed by atoms with Gasteiger partial charge in [-0.25, -0.2) is 0 Å². The lowest BCUT2D eigenvalue weighted by molar-refractivity contribution is 0.187. The molecule has 4 nitrogen and oxygen atoms in total. The van der Waals surface area contributed by atoms with Gasteiger partial charge in [-0.1, -0.05) is 6.07 Å². The molecule has 0 spiro atoms. The standard InChI is InChI=1S/C17H17N3OS2/c1-2-14(22-8-1)16-12-6-9-23-13(12)5-7-20(16)10-15-18-19-17(21-15)11-3-4-11/h1-2,6,8-9,11,16H,3-5,7,10H2. The van der Waals surface area contributed by atoms with Crippen LogP contribution in [0.2, 0.25) is 0 Å². The van der Waals surface area contributed by atoms with Gasteiger partial charge >= 0.3 is 0 Å². The fourth-order valence-corrected chi connectivity index (χ4v) is 5.10. The third kappa shape index (κ3) is 2.55. The second-order valence-corrected chi connectivity index (χ2v) is 8.23. The number of thiophene rings is 2. The summed E-state index contributed by atoms with van der Waals surface area (Å²) in [7, 11) is 0. The molecule has 23 heavy (non-hydrogen) atoms. The van der Waals surface area contributed by atoms with Crippen LogP contribution in [-0.4, -0.2) is 21.6 Å². The lowest BCUT2D eigenvalue weighted by Crippen LogP contribution is -2.34. The Morgan fingerprint density at radius 3 is 2.96 bits per heavy atom. The summed E-state index contributed by atoms with van der Waals surface area (Å²) in [4.78, 5) is 5.39. The van der Waals surface area contributed by atoms with Crippen LogP contribution in [0, 0.1) is 0 Å². The van der Waals surface area contributed by atoms with Crippen molar-refractivity contribution in [2.75, 3.05) is 6.54 Å². The lowest BCUT2D eigenvalue weighted by atomic mass is 9.98. The number of fused-ring (bicyclic) bond motifs is 1. The van der Waals surface area contributed by atoms with Crippen molar-refractivity contribution < 1.29 is 4.42 Å².